The number of halogens is 3. The highest BCUT2D eigenvalue weighted by Crippen LogP contribution is 2.38. The zero-order valence-corrected chi connectivity index (χ0v) is 18.1. The Morgan fingerprint density at radius 3 is 2.65 bits per heavy atom. The molecule has 8 nitrogen and oxygen atoms in total. The van der Waals surface area contributed by atoms with Crippen LogP contribution in [0, 0.1) is 10.1 Å². The van der Waals surface area contributed by atoms with Crippen molar-refractivity contribution < 1.29 is 22.9 Å². The number of carbonyl (C=O) groups excluding carboxylic acids is 1. The van der Waals surface area contributed by atoms with Crippen LogP contribution in [0.1, 0.15) is 44.6 Å². The number of nitro benzene ring substituents is 1. The smallest absolute Gasteiger partial charge is 0.357 e. The van der Waals surface area contributed by atoms with E-state index in [1.165, 1.54) is 24.7 Å². The molecule has 1 fully saturated rings. The number of benzene rings is 1. The van der Waals surface area contributed by atoms with Gasteiger partial charge in [-0.25, -0.2) is 0 Å². The van der Waals surface area contributed by atoms with Crippen molar-refractivity contribution in [2.45, 2.75) is 60.8 Å². The van der Waals surface area contributed by atoms with Crippen molar-refractivity contribution in [2.75, 3.05) is 10.6 Å². The van der Waals surface area contributed by atoms with Crippen molar-refractivity contribution in [3.8, 4) is 0 Å². The summed E-state index contributed by atoms with van der Waals surface area (Å²) < 4.78 is 40.4. The van der Waals surface area contributed by atoms with E-state index in [2.05, 4.69) is 20.8 Å². The molecule has 168 valence electrons. The van der Waals surface area contributed by atoms with Crippen LogP contribution in [0.15, 0.2) is 22.5 Å². The van der Waals surface area contributed by atoms with Gasteiger partial charge in [-0.1, -0.05) is 42.4 Å². The largest absolute Gasteiger partial charge is 0.418 e. The Morgan fingerprint density at radius 2 is 2.00 bits per heavy atom. The second-order valence-corrected chi connectivity index (χ2v) is 9.65. The Morgan fingerprint density at radius 1 is 1.29 bits per heavy atom. The number of carbonyl (C=O) groups is 1. The molecule has 0 bridgehead atoms. The number of hydrogen-bond donors (Lipinski definition) is 2. The average Bonchev–Trinajstić information content (AvgIpc) is 3.14. The summed E-state index contributed by atoms with van der Waals surface area (Å²) in [7, 11) is 0. The van der Waals surface area contributed by atoms with E-state index in [4.69, 9.17) is 0 Å². The first-order chi connectivity index (χ1) is 14.6. The van der Waals surface area contributed by atoms with E-state index in [0.29, 0.717) is 21.6 Å². The van der Waals surface area contributed by atoms with Crippen molar-refractivity contribution >= 4 is 45.5 Å². The molecule has 1 saturated carbocycles. The van der Waals surface area contributed by atoms with Crippen molar-refractivity contribution in [2.24, 2.45) is 0 Å². The number of anilines is 2. The molecule has 0 radical (unpaired) electrons. The van der Waals surface area contributed by atoms with Gasteiger partial charge in [-0.15, -0.1) is 10.2 Å². The summed E-state index contributed by atoms with van der Waals surface area (Å²) in [5.74, 6) is -0.679. The normalized spacial score (nSPS) is 16.0. The zero-order chi connectivity index (χ0) is 22.6. The summed E-state index contributed by atoms with van der Waals surface area (Å²) in [5.41, 5.74) is -2.52. The van der Waals surface area contributed by atoms with Crippen LogP contribution in [-0.4, -0.2) is 32.3 Å². The highest BCUT2D eigenvalue weighted by molar-refractivity contribution is 8.02. The number of rotatable bonds is 7. The average molecular weight is 476 g/mol. The molecule has 13 heteroatoms. The maximum absolute atomic E-state index is 13.3. The third-order valence-electron chi connectivity index (χ3n) is 4.76. The number of nitro groups is 1. The summed E-state index contributed by atoms with van der Waals surface area (Å²) in [6, 6.07) is 2.55. The predicted molar refractivity (Wildman–Crippen MR) is 112 cm³/mol. The van der Waals surface area contributed by atoms with Gasteiger partial charge in [0.2, 0.25) is 11.0 Å². The lowest BCUT2D eigenvalue weighted by Gasteiger charge is -2.21. The lowest BCUT2D eigenvalue weighted by molar-refractivity contribution is -0.385. The molecule has 2 aromatic rings. The van der Waals surface area contributed by atoms with Gasteiger partial charge in [0.25, 0.3) is 5.69 Å². The topological polar surface area (TPSA) is 110 Å². The maximum atomic E-state index is 13.3. The number of nitrogens with one attached hydrogen (secondary N) is 2. The molecule has 1 amide bonds. The summed E-state index contributed by atoms with van der Waals surface area (Å²) >= 11 is 2.36. The van der Waals surface area contributed by atoms with E-state index in [1.54, 1.807) is 0 Å². The predicted octanol–water partition coefficient (Wildman–Crippen LogP) is 5.33. The van der Waals surface area contributed by atoms with Crippen LogP contribution in [0.2, 0.25) is 0 Å². The minimum Gasteiger partial charge on any atom is -0.357 e. The number of amides is 1. The fourth-order valence-corrected chi connectivity index (χ4v) is 5.14. The number of nitrogens with zero attached hydrogens (tertiary/aromatic N) is 3. The van der Waals surface area contributed by atoms with Crippen LogP contribution >= 0.6 is 23.1 Å². The highest BCUT2D eigenvalue weighted by atomic mass is 32.2. The first kappa shape index (κ1) is 23.3. The van der Waals surface area contributed by atoms with Crippen molar-refractivity contribution in [3.63, 3.8) is 0 Å². The molecule has 1 atom stereocenters. The zero-order valence-electron chi connectivity index (χ0n) is 16.4. The summed E-state index contributed by atoms with van der Waals surface area (Å²) in [6.45, 7) is 1.54. The molecule has 0 spiro atoms. The van der Waals surface area contributed by atoms with Crippen molar-refractivity contribution in [3.05, 3.63) is 33.9 Å². The molecule has 0 saturated heterocycles. The molecule has 1 heterocycles. The van der Waals surface area contributed by atoms with E-state index in [1.807, 2.05) is 0 Å². The first-order valence-electron chi connectivity index (χ1n) is 9.56. The van der Waals surface area contributed by atoms with E-state index in [0.717, 1.165) is 49.6 Å². The summed E-state index contributed by atoms with van der Waals surface area (Å²) in [5, 5.41) is 24.3. The van der Waals surface area contributed by atoms with E-state index < -0.39 is 39.2 Å². The van der Waals surface area contributed by atoms with Gasteiger partial charge < -0.3 is 10.6 Å². The molecule has 3 rings (SSSR count). The number of alkyl halides is 3. The Hall–Kier alpha value is -2.41. The Bertz CT molecular complexity index is 948. The number of aromatic nitrogens is 2. The highest BCUT2D eigenvalue weighted by Gasteiger charge is 2.36. The molecule has 0 aliphatic heterocycles. The quantitative estimate of drug-likeness (QED) is 0.316. The lowest BCUT2D eigenvalue weighted by atomic mass is 9.96. The first-order valence-corrected chi connectivity index (χ1v) is 11.3. The standard InChI is InChI=1S/C18H20F3N5O3S2/c1-10(30-17-25-24-16(31-17)22-11-5-3-2-4-6-11)15(27)23-14-8-7-12(26(28)29)9-13(14)18(19,20)21/h7-11H,2-6H2,1H3,(H,22,24)(H,23,27). The lowest BCUT2D eigenvalue weighted by Crippen LogP contribution is -2.24. The van der Waals surface area contributed by atoms with Crippen LogP contribution in [0.5, 0.6) is 0 Å². The second kappa shape index (κ2) is 9.81. The van der Waals surface area contributed by atoms with Gasteiger partial charge >= 0.3 is 6.18 Å². The molecular formula is C18H20F3N5O3S2. The number of thioether (sulfide) groups is 1. The van der Waals surface area contributed by atoms with Gasteiger partial charge in [0.15, 0.2) is 4.34 Å². The Kier molecular flexibility index (Phi) is 7.36. The van der Waals surface area contributed by atoms with E-state index in [-0.39, 0.29) is 0 Å². The Labute approximate surface area is 184 Å². The molecule has 1 aliphatic rings. The van der Waals surface area contributed by atoms with E-state index in [9.17, 15) is 28.1 Å². The van der Waals surface area contributed by atoms with Crippen LogP contribution in [0.25, 0.3) is 0 Å². The number of non-ortho nitro benzene ring substituents is 1. The van der Waals surface area contributed by atoms with Crippen molar-refractivity contribution in [1.82, 2.24) is 10.2 Å². The fourth-order valence-electron chi connectivity index (χ4n) is 3.17. The fraction of sp³-hybridized carbons (Fsp3) is 0.500. The minimum absolute atomic E-state index is 0.350. The third-order valence-corrected chi connectivity index (χ3v) is 6.80. The summed E-state index contributed by atoms with van der Waals surface area (Å²) in [6.07, 6.45) is 0.835. The molecule has 1 aromatic heterocycles. The van der Waals surface area contributed by atoms with E-state index >= 15 is 0 Å². The second-order valence-electron chi connectivity index (χ2n) is 7.09. The molecule has 1 aliphatic carbocycles. The van der Waals surface area contributed by atoms with Gasteiger partial charge in [-0.2, -0.15) is 13.2 Å². The van der Waals surface area contributed by atoms with Gasteiger partial charge in [0, 0.05) is 18.2 Å². The Balaban J connectivity index is 1.64. The maximum Gasteiger partial charge on any atom is 0.418 e. The van der Waals surface area contributed by atoms with Crippen LogP contribution < -0.4 is 10.6 Å². The van der Waals surface area contributed by atoms with Gasteiger partial charge in [0.05, 0.1) is 21.4 Å². The third kappa shape index (κ3) is 6.29. The monoisotopic (exact) mass is 475 g/mol. The van der Waals surface area contributed by atoms with Crippen LogP contribution in [-0.2, 0) is 11.0 Å². The molecule has 31 heavy (non-hydrogen) atoms. The minimum atomic E-state index is -4.86. The van der Waals surface area contributed by atoms with Crippen LogP contribution in [0.4, 0.5) is 29.7 Å². The van der Waals surface area contributed by atoms with Crippen molar-refractivity contribution in [1.29, 1.82) is 0 Å². The molecule has 2 N–H and O–H groups in total. The molecule has 1 aromatic carbocycles. The SMILES string of the molecule is CC(Sc1nnc(NC2CCCCC2)s1)C(=O)Nc1ccc([N+](=O)[O-])cc1C(F)(F)F. The molecular weight excluding hydrogens is 455 g/mol. The summed E-state index contributed by atoms with van der Waals surface area (Å²) in [4.78, 5) is 22.3. The van der Waals surface area contributed by atoms with Gasteiger partial charge in [-0.3, -0.25) is 14.9 Å². The van der Waals surface area contributed by atoms with Gasteiger partial charge in [0.1, 0.15) is 0 Å². The van der Waals surface area contributed by atoms with Gasteiger partial charge in [-0.05, 0) is 25.8 Å². The number of hydrogen-bond acceptors (Lipinski definition) is 8. The van der Waals surface area contributed by atoms with Crippen LogP contribution in [0.3, 0.4) is 0 Å². The molecule has 1 unspecified atom stereocenters.